The SMILES string of the molecule is CCCN1CCC(NC(=NCC(=O)NCc2ccc(OC)cc2)NCC)CC1. The van der Waals surface area contributed by atoms with Crippen molar-refractivity contribution in [2.45, 2.75) is 45.7 Å². The second-order valence-electron chi connectivity index (χ2n) is 7.08. The van der Waals surface area contributed by atoms with Crippen molar-refractivity contribution in [3.05, 3.63) is 29.8 Å². The van der Waals surface area contributed by atoms with E-state index in [1.807, 2.05) is 31.2 Å². The average Bonchev–Trinajstić information content (AvgIpc) is 2.72. The number of hydrogen-bond acceptors (Lipinski definition) is 4. The van der Waals surface area contributed by atoms with Crippen LogP contribution in [0.25, 0.3) is 0 Å². The van der Waals surface area contributed by atoms with Crippen molar-refractivity contribution in [1.29, 1.82) is 0 Å². The van der Waals surface area contributed by atoms with E-state index in [1.54, 1.807) is 7.11 Å². The normalized spacial score (nSPS) is 15.9. The maximum absolute atomic E-state index is 12.2. The fraction of sp³-hybridized carbons (Fsp3) is 0.619. The number of methoxy groups -OCH3 is 1. The summed E-state index contributed by atoms with van der Waals surface area (Å²) < 4.78 is 5.14. The summed E-state index contributed by atoms with van der Waals surface area (Å²) >= 11 is 0. The Hall–Kier alpha value is -2.28. The highest BCUT2D eigenvalue weighted by Crippen LogP contribution is 2.11. The van der Waals surface area contributed by atoms with Crippen molar-refractivity contribution < 1.29 is 9.53 Å². The highest BCUT2D eigenvalue weighted by Gasteiger charge is 2.19. The van der Waals surface area contributed by atoms with Crippen molar-refractivity contribution >= 4 is 11.9 Å². The molecule has 0 spiro atoms. The molecule has 1 heterocycles. The molecule has 2 rings (SSSR count). The van der Waals surface area contributed by atoms with Crippen LogP contribution >= 0.6 is 0 Å². The van der Waals surface area contributed by atoms with Crippen molar-refractivity contribution in [3.8, 4) is 5.75 Å². The lowest BCUT2D eigenvalue weighted by molar-refractivity contribution is -0.119. The van der Waals surface area contributed by atoms with Gasteiger partial charge >= 0.3 is 0 Å². The Bertz CT molecular complexity index is 610. The lowest BCUT2D eigenvalue weighted by Crippen LogP contribution is -2.49. The minimum absolute atomic E-state index is 0.0919. The van der Waals surface area contributed by atoms with Gasteiger partial charge in [-0.3, -0.25) is 4.79 Å². The Morgan fingerprint density at radius 1 is 1.18 bits per heavy atom. The van der Waals surface area contributed by atoms with Crippen LogP contribution in [0.4, 0.5) is 0 Å². The number of nitrogens with zero attached hydrogens (tertiary/aromatic N) is 2. The second-order valence-corrected chi connectivity index (χ2v) is 7.08. The van der Waals surface area contributed by atoms with Gasteiger partial charge in [0.15, 0.2) is 5.96 Å². The second kappa shape index (κ2) is 12.2. The van der Waals surface area contributed by atoms with E-state index in [9.17, 15) is 4.79 Å². The molecule has 1 saturated heterocycles. The number of likely N-dealkylation sites (tertiary alicyclic amines) is 1. The smallest absolute Gasteiger partial charge is 0.242 e. The fourth-order valence-electron chi connectivity index (χ4n) is 3.28. The van der Waals surface area contributed by atoms with Gasteiger partial charge in [-0.25, -0.2) is 4.99 Å². The van der Waals surface area contributed by atoms with Crippen LogP contribution in [-0.2, 0) is 11.3 Å². The van der Waals surface area contributed by atoms with E-state index in [2.05, 4.69) is 32.8 Å². The summed E-state index contributed by atoms with van der Waals surface area (Å²) in [4.78, 5) is 19.1. The fourth-order valence-corrected chi connectivity index (χ4v) is 3.28. The van der Waals surface area contributed by atoms with Gasteiger partial charge in [-0.15, -0.1) is 0 Å². The zero-order chi connectivity index (χ0) is 20.2. The highest BCUT2D eigenvalue weighted by molar-refractivity contribution is 5.85. The number of piperidine rings is 1. The number of rotatable bonds is 9. The maximum atomic E-state index is 12.2. The monoisotopic (exact) mass is 389 g/mol. The van der Waals surface area contributed by atoms with E-state index in [4.69, 9.17) is 4.74 Å². The van der Waals surface area contributed by atoms with Crippen LogP contribution in [0.2, 0.25) is 0 Å². The molecule has 1 aromatic carbocycles. The first kappa shape index (κ1) is 22.0. The molecule has 3 N–H and O–H groups in total. The van der Waals surface area contributed by atoms with E-state index in [0.717, 1.165) is 49.7 Å². The number of hydrogen-bond donors (Lipinski definition) is 3. The molecule has 1 amide bonds. The largest absolute Gasteiger partial charge is 0.497 e. The van der Waals surface area contributed by atoms with Crippen molar-refractivity contribution in [1.82, 2.24) is 20.9 Å². The topological polar surface area (TPSA) is 78.0 Å². The summed E-state index contributed by atoms with van der Waals surface area (Å²) in [6.45, 7) is 9.03. The summed E-state index contributed by atoms with van der Waals surface area (Å²) in [6, 6.07) is 8.07. The van der Waals surface area contributed by atoms with E-state index < -0.39 is 0 Å². The minimum atomic E-state index is -0.0919. The summed E-state index contributed by atoms with van der Waals surface area (Å²) in [5.41, 5.74) is 1.03. The van der Waals surface area contributed by atoms with Crippen LogP contribution in [0, 0.1) is 0 Å². The number of benzene rings is 1. The van der Waals surface area contributed by atoms with Crippen LogP contribution in [0.3, 0.4) is 0 Å². The van der Waals surface area contributed by atoms with Crippen LogP contribution in [0.1, 0.15) is 38.7 Å². The van der Waals surface area contributed by atoms with Crippen molar-refractivity contribution in [2.75, 3.05) is 39.8 Å². The zero-order valence-electron chi connectivity index (χ0n) is 17.5. The predicted octanol–water partition coefficient (Wildman–Crippen LogP) is 1.74. The third-order valence-corrected chi connectivity index (χ3v) is 4.84. The van der Waals surface area contributed by atoms with Crippen LogP contribution in [0.15, 0.2) is 29.3 Å². The van der Waals surface area contributed by atoms with Crippen molar-refractivity contribution in [3.63, 3.8) is 0 Å². The zero-order valence-corrected chi connectivity index (χ0v) is 17.5. The molecule has 0 radical (unpaired) electrons. The lowest BCUT2D eigenvalue weighted by Gasteiger charge is -2.32. The van der Waals surface area contributed by atoms with Crippen LogP contribution < -0.4 is 20.7 Å². The number of carbonyl (C=O) groups excluding carboxylic acids is 1. The van der Waals surface area contributed by atoms with E-state index in [1.165, 1.54) is 13.0 Å². The molecule has 0 aromatic heterocycles. The number of aliphatic imine (C=N–C) groups is 1. The van der Waals surface area contributed by atoms with Gasteiger partial charge in [-0.2, -0.15) is 0 Å². The molecule has 7 nitrogen and oxygen atoms in total. The Morgan fingerprint density at radius 3 is 2.50 bits per heavy atom. The molecule has 0 bridgehead atoms. The number of carbonyl (C=O) groups is 1. The number of amides is 1. The molecule has 0 atom stereocenters. The molecule has 0 unspecified atom stereocenters. The molecule has 7 heteroatoms. The molecular formula is C21H35N5O2. The average molecular weight is 390 g/mol. The van der Waals surface area contributed by atoms with Crippen molar-refractivity contribution in [2.24, 2.45) is 4.99 Å². The van der Waals surface area contributed by atoms with Crippen LogP contribution in [-0.4, -0.2) is 62.6 Å². The third kappa shape index (κ3) is 7.76. The van der Waals surface area contributed by atoms with E-state index in [-0.39, 0.29) is 12.5 Å². The Labute approximate surface area is 168 Å². The number of ether oxygens (including phenoxy) is 1. The first-order valence-corrected chi connectivity index (χ1v) is 10.3. The standard InChI is InChI=1S/C21H35N5O2/c1-4-12-26-13-10-18(11-14-26)25-21(22-5-2)24-16-20(27)23-15-17-6-8-19(28-3)9-7-17/h6-9,18H,4-5,10-16H2,1-3H3,(H,23,27)(H2,22,24,25). The van der Waals surface area contributed by atoms with E-state index >= 15 is 0 Å². The molecule has 1 aromatic rings. The maximum Gasteiger partial charge on any atom is 0.242 e. The van der Waals surface area contributed by atoms with Gasteiger partial charge in [-0.05, 0) is 50.4 Å². The molecular weight excluding hydrogens is 354 g/mol. The van der Waals surface area contributed by atoms with Gasteiger partial charge in [-0.1, -0.05) is 19.1 Å². The molecule has 0 aliphatic carbocycles. The molecule has 156 valence electrons. The summed E-state index contributed by atoms with van der Waals surface area (Å²) in [5, 5.41) is 9.63. The number of nitrogens with one attached hydrogen (secondary N) is 3. The quantitative estimate of drug-likeness (QED) is 0.443. The Balaban J connectivity index is 1.76. The molecule has 1 aliphatic heterocycles. The van der Waals surface area contributed by atoms with Gasteiger partial charge in [0, 0.05) is 32.2 Å². The molecule has 0 saturated carbocycles. The minimum Gasteiger partial charge on any atom is -0.497 e. The van der Waals surface area contributed by atoms with Crippen LogP contribution in [0.5, 0.6) is 5.75 Å². The van der Waals surface area contributed by atoms with Gasteiger partial charge in [0.25, 0.3) is 0 Å². The molecule has 1 fully saturated rings. The first-order chi connectivity index (χ1) is 13.6. The lowest BCUT2D eigenvalue weighted by atomic mass is 10.1. The summed E-state index contributed by atoms with van der Waals surface area (Å²) in [5.74, 6) is 1.43. The molecule has 1 aliphatic rings. The van der Waals surface area contributed by atoms with E-state index in [0.29, 0.717) is 12.6 Å². The molecule has 28 heavy (non-hydrogen) atoms. The van der Waals surface area contributed by atoms with Gasteiger partial charge < -0.3 is 25.6 Å². The number of guanidine groups is 1. The van der Waals surface area contributed by atoms with Gasteiger partial charge in [0.1, 0.15) is 12.3 Å². The van der Waals surface area contributed by atoms with Gasteiger partial charge in [0.2, 0.25) is 5.91 Å². The highest BCUT2D eigenvalue weighted by atomic mass is 16.5. The first-order valence-electron chi connectivity index (χ1n) is 10.3. The summed E-state index contributed by atoms with van der Waals surface area (Å²) in [6.07, 6.45) is 3.41. The summed E-state index contributed by atoms with van der Waals surface area (Å²) in [7, 11) is 1.64. The third-order valence-electron chi connectivity index (χ3n) is 4.84. The van der Waals surface area contributed by atoms with Gasteiger partial charge in [0.05, 0.1) is 7.11 Å². The Kier molecular flexibility index (Phi) is 9.62. The predicted molar refractivity (Wildman–Crippen MR) is 114 cm³/mol. The Morgan fingerprint density at radius 2 is 1.89 bits per heavy atom.